The molecule has 0 fully saturated rings. The van der Waals surface area contributed by atoms with Gasteiger partial charge in [-0.2, -0.15) is 0 Å². The molecular formula is C48H31P. The van der Waals surface area contributed by atoms with Crippen molar-refractivity contribution in [1.82, 2.24) is 0 Å². The topological polar surface area (TPSA) is 0 Å². The first kappa shape index (κ1) is 28.2. The summed E-state index contributed by atoms with van der Waals surface area (Å²) >= 11 is 0. The van der Waals surface area contributed by atoms with Crippen molar-refractivity contribution >= 4 is 56.2 Å². The number of rotatable bonds is 5. The molecule has 1 aliphatic carbocycles. The Morgan fingerprint density at radius 3 is 1.37 bits per heavy atom. The number of benzene rings is 9. The Morgan fingerprint density at radius 1 is 0.265 bits per heavy atom. The average molecular weight is 639 g/mol. The van der Waals surface area contributed by atoms with Crippen molar-refractivity contribution in [3.8, 4) is 44.5 Å². The van der Waals surface area contributed by atoms with Crippen LogP contribution in [-0.4, -0.2) is 0 Å². The van der Waals surface area contributed by atoms with Gasteiger partial charge < -0.3 is 0 Å². The molecule has 0 aromatic heterocycles. The van der Waals surface area contributed by atoms with Crippen LogP contribution in [0.2, 0.25) is 0 Å². The van der Waals surface area contributed by atoms with Gasteiger partial charge in [0, 0.05) is 0 Å². The minimum absolute atomic E-state index is 1.00. The van der Waals surface area contributed by atoms with Crippen molar-refractivity contribution < 1.29 is 0 Å². The lowest BCUT2D eigenvalue weighted by molar-refractivity contribution is 1.64. The van der Waals surface area contributed by atoms with E-state index in [0.717, 1.165) is 0 Å². The van der Waals surface area contributed by atoms with Crippen LogP contribution in [-0.2, 0) is 0 Å². The summed E-state index contributed by atoms with van der Waals surface area (Å²) in [4.78, 5) is 0. The molecule has 9 aromatic carbocycles. The Bertz CT molecular complexity index is 2620. The van der Waals surface area contributed by atoms with Crippen molar-refractivity contribution in [2.75, 3.05) is 0 Å². The van der Waals surface area contributed by atoms with Crippen LogP contribution in [0.4, 0.5) is 0 Å². The fourth-order valence-electron chi connectivity index (χ4n) is 8.10. The fraction of sp³-hybridized carbons (Fsp3) is 0. The molecule has 9 aromatic rings. The molecule has 0 saturated carbocycles. The highest BCUT2D eigenvalue weighted by molar-refractivity contribution is 7.80. The molecule has 0 atom stereocenters. The van der Waals surface area contributed by atoms with Gasteiger partial charge in [-0.05, 0) is 113 Å². The van der Waals surface area contributed by atoms with Crippen LogP contribution in [0, 0.1) is 0 Å². The van der Waals surface area contributed by atoms with Gasteiger partial charge in [0.15, 0.2) is 0 Å². The molecule has 0 saturated heterocycles. The van der Waals surface area contributed by atoms with Crippen molar-refractivity contribution in [3.05, 3.63) is 188 Å². The van der Waals surface area contributed by atoms with E-state index in [1.54, 1.807) is 0 Å². The van der Waals surface area contributed by atoms with E-state index in [2.05, 4.69) is 188 Å². The fourth-order valence-corrected chi connectivity index (χ4v) is 10.9. The Hall–Kier alpha value is -5.81. The molecule has 49 heavy (non-hydrogen) atoms. The SMILES string of the molecule is c1ccc(-c2ccccc2P(c2ccccc2-c2ccccc2)c2cc3cc4c5c(cccc5c3c3ccccc23)-c2ccccc2-4)cc1. The first-order chi connectivity index (χ1) is 24.3. The normalized spacial score (nSPS) is 11.9. The predicted octanol–water partition coefficient (Wildman–Crippen LogP) is 11.9. The van der Waals surface area contributed by atoms with Crippen LogP contribution in [0.5, 0.6) is 0 Å². The van der Waals surface area contributed by atoms with Crippen LogP contribution < -0.4 is 15.9 Å². The molecule has 228 valence electrons. The highest BCUT2D eigenvalue weighted by atomic mass is 31.1. The summed E-state index contributed by atoms with van der Waals surface area (Å²) in [7, 11) is -1.00. The molecule has 10 rings (SSSR count). The van der Waals surface area contributed by atoms with E-state index in [-0.39, 0.29) is 0 Å². The number of hydrogen-bond donors (Lipinski definition) is 0. The van der Waals surface area contributed by atoms with E-state index in [4.69, 9.17) is 0 Å². The first-order valence-corrected chi connectivity index (χ1v) is 18.3. The van der Waals surface area contributed by atoms with E-state index < -0.39 is 7.92 Å². The monoisotopic (exact) mass is 638 g/mol. The molecule has 1 aliphatic rings. The molecule has 0 unspecified atom stereocenters. The zero-order chi connectivity index (χ0) is 32.3. The maximum absolute atomic E-state index is 2.54. The molecule has 0 radical (unpaired) electrons. The Balaban J connectivity index is 1.34. The molecule has 0 amide bonds. The minimum Gasteiger partial charge on any atom is -0.0622 e. The summed E-state index contributed by atoms with van der Waals surface area (Å²) in [6, 6.07) is 69.9. The largest absolute Gasteiger partial charge is 0.0622 e. The Kier molecular flexibility index (Phi) is 6.57. The average Bonchev–Trinajstić information content (AvgIpc) is 3.50. The highest BCUT2D eigenvalue weighted by Crippen LogP contribution is 2.51. The summed E-state index contributed by atoms with van der Waals surface area (Å²) in [5.74, 6) is 0. The van der Waals surface area contributed by atoms with E-state index in [1.807, 2.05) is 0 Å². The summed E-state index contributed by atoms with van der Waals surface area (Å²) in [5.41, 5.74) is 10.4. The van der Waals surface area contributed by atoms with E-state index >= 15 is 0 Å². The second-order valence-corrected chi connectivity index (χ2v) is 15.0. The standard InChI is InChI=1S/C48H31P/c1-3-16-32(17-4-1)35-20-11-13-28-44(35)49(45-29-14-12-21-36(45)33-18-5-2-6-19-33)46-31-34-30-43-38-23-8-7-22-37(38)40-26-15-27-42(48(40)43)47(34)41-25-10-9-24-39(41)46/h1-31H. The maximum Gasteiger partial charge on any atom is -0.00197 e. The second kappa shape index (κ2) is 11.4. The summed E-state index contributed by atoms with van der Waals surface area (Å²) < 4.78 is 0. The van der Waals surface area contributed by atoms with Gasteiger partial charge in [0.2, 0.25) is 0 Å². The van der Waals surface area contributed by atoms with Gasteiger partial charge in [0.1, 0.15) is 0 Å². The smallest absolute Gasteiger partial charge is 0.00197 e. The lowest BCUT2D eigenvalue weighted by Crippen LogP contribution is -2.24. The third-order valence-corrected chi connectivity index (χ3v) is 12.8. The van der Waals surface area contributed by atoms with E-state index in [0.29, 0.717) is 0 Å². The van der Waals surface area contributed by atoms with Gasteiger partial charge in [-0.1, -0.05) is 176 Å². The zero-order valence-electron chi connectivity index (χ0n) is 26.8. The van der Waals surface area contributed by atoms with Crippen molar-refractivity contribution in [2.45, 2.75) is 0 Å². The summed E-state index contributed by atoms with van der Waals surface area (Å²) in [6.07, 6.45) is 0. The lowest BCUT2D eigenvalue weighted by atomic mass is 9.93. The Labute approximate surface area is 287 Å². The van der Waals surface area contributed by atoms with Gasteiger partial charge in [-0.3, -0.25) is 0 Å². The van der Waals surface area contributed by atoms with Gasteiger partial charge in [0.05, 0.1) is 0 Å². The quantitative estimate of drug-likeness (QED) is 0.130. The van der Waals surface area contributed by atoms with Gasteiger partial charge in [-0.15, -0.1) is 0 Å². The molecule has 0 aliphatic heterocycles. The lowest BCUT2D eigenvalue weighted by Gasteiger charge is -2.27. The van der Waals surface area contributed by atoms with Crippen molar-refractivity contribution in [2.24, 2.45) is 0 Å². The first-order valence-electron chi connectivity index (χ1n) is 17.0. The zero-order valence-corrected chi connectivity index (χ0v) is 27.7. The van der Waals surface area contributed by atoms with Crippen molar-refractivity contribution in [1.29, 1.82) is 0 Å². The van der Waals surface area contributed by atoms with Crippen LogP contribution in [0.15, 0.2) is 188 Å². The van der Waals surface area contributed by atoms with Gasteiger partial charge in [0.25, 0.3) is 0 Å². The third-order valence-electron chi connectivity index (χ3n) is 10.2. The van der Waals surface area contributed by atoms with Crippen LogP contribution in [0.3, 0.4) is 0 Å². The number of fused-ring (bicyclic) bond motifs is 7. The van der Waals surface area contributed by atoms with Crippen molar-refractivity contribution in [3.63, 3.8) is 0 Å². The molecule has 0 bridgehead atoms. The third kappa shape index (κ3) is 4.42. The molecule has 0 heterocycles. The molecule has 1 heteroatoms. The van der Waals surface area contributed by atoms with Gasteiger partial charge >= 0.3 is 0 Å². The molecule has 0 N–H and O–H groups in total. The molecule has 0 spiro atoms. The summed E-state index contributed by atoms with van der Waals surface area (Å²) in [5, 5.41) is 12.1. The van der Waals surface area contributed by atoms with Gasteiger partial charge in [-0.25, -0.2) is 0 Å². The Morgan fingerprint density at radius 2 is 0.735 bits per heavy atom. The second-order valence-electron chi connectivity index (χ2n) is 12.8. The molecular weight excluding hydrogens is 608 g/mol. The van der Waals surface area contributed by atoms with Crippen LogP contribution >= 0.6 is 7.92 Å². The summed E-state index contributed by atoms with van der Waals surface area (Å²) in [6.45, 7) is 0. The number of hydrogen-bond acceptors (Lipinski definition) is 0. The predicted molar refractivity (Wildman–Crippen MR) is 213 cm³/mol. The molecule has 0 nitrogen and oxygen atoms in total. The van der Waals surface area contributed by atoms with Crippen LogP contribution in [0.25, 0.3) is 76.8 Å². The maximum atomic E-state index is 2.54. The van der Waals surface area contributed by atoms with E-state index in [9.17, 15) is 0 Å². The van der Waals surface area contributed by atoms with E-state index in [1.165, 1.54) is 92.7 Å². The highest BCUT2D eigenvalue weighted by Gasteiger charge is 2.28. The minimum atomic E-state index is -1.00. The van der Waals surface area contributed by atoms with Crippen LogP contribution in [0.1, 0.15) is 0 Å².